The number of carbonyl (C=O) groups is 1. The molecule has 1 aliphatic carbocycles. The van der Waals surface area contributed by atoms with Crippen LogP contribution in [0.25, 0.3) is 0 Å². The predicted octanol–water partition coefficient (Wildman–Crippen LogP) is 4.19. The summed E-state index contributed by atoms with van der Waals surface area (Å²) in [5.74, 6) is 0.587. The van der Waals surface area contributed by atoms with Crippen molar-refractivity contribution in [1.82, 2.24) is 9.21 Å². The molecule has 1 aromatic rings. The summed E-state index contributed by atoms with van der Waals surface area (Å²) in [6.07, 6.45) is 6.87. The van der Waals surface area contributed by atoms with Crippen LogP contribution >= 0.6 is 0 Å². The summed E-state index contributed by atoms with van der Waals surface area (Å²) in [5.41, 5.74) is 2.59. The number of sulfonamides is 1. The van der Waals surface area contributed by atoms with E-state index >= 15 is 0 Å². The summed E-state index contributed by atoms with van der Waals surface area (Å²) in [4.78, 5) is 15.3. The van der Waals surface area contributed by atoms with Gasteiger partial charge in [-0.15, -0.1) is 0 Å². The van der Waals surface area contributed by atoms with Crippen molar-refractivity contribution in [3.63, 3.8) is 0 Å². The van der Waals surface area contributed by atoms with E-state index in [1.807, 2.05) is 37.8 Å². The van der Waals surface area contributed by atoms with Crippen LogP contribution in [0.4, 0.5) is 0 Å². The van der Waals surface area contributed by atoms with Crippen molar-refractivity contribution in [1.29, 1.82) is 0 Å². The molecule has 6 heteroatoms. The minimum absolute atomic E-state index is 0.0336. The smallest absolute Gasteiger partial charge is 0.244 e. The van der Waals surface area contributed by atoms with Gasteiger partial charge in [-0.05, 0) is 63.5 Å². The van der Waals surface area contributed by atoms with Crippen molar-refractivity contribution in [2.75, 3.05) is 19.6 Å². The first kappa shape index (κ1) is 22.3. The number of benzene rings is 1. The van der Waals surface area contributed by atoms with Crippen LogP contribution in [0.1, 0.15) is 68.6 Å². The second-order valence-electron chi connectivity index (χ2n) is 9.13. The van der Waals surface area contributed by atoms with Crippen molar-refractivity contribution in [2.24, 2.45) is 5.92 Å². The average Bonchev–Trinajstić information content (AvgIpc) is 2.66. The van der Waals surface area contributed by atoms with Gasteiger partial charge in [0.05, 0.1) is 11.4 Å². The standard InChI is InChI=1S/C23H36N2O3S/c1-17-10-12-24(13-11-17)22(26)16-25(21-8-6-5-7-9-21)29(27,28)23-19(3)14-18(2)15-20(23)4/h14-15,17,21H,5-13,16H2,1-4H3. The number of carbonyl (C=O) groups excluding carboxylic acids is 1. The lowest BCUT2D eigenvalue weighted by Gasteiger charge is -2.36. The molecule has 2 aliphatic rings. The normalized spacial score (nSPS) is 19.7. The van der Waals surface area contributed by atoms with Gasteiger partial charge >= 0.3 is 0 Å². The number of nitrogens with zero attached hydrogens (tertiary/aromatic N) is 2. The summed E-state index contributed by atoms with van der Waals surface area (Å²) < 4.78 is 29.2. The first-order chi connectivity index (χ1) is 13.7. The van der Waals surface area contributed by atoms with Crippen LogP contribution in [0.2, 0.25) is 0 Å². The quantitative estimate of drug-likeness (QED) is 0.717. The number of hydrogen-bond donors (Lipinski definition) is 0. The lowest BCUT2D eigenvalue weighted by Crippen LogP contribution is -2.49. The van der Waals surface area contributed by atoms with E-state index in [0.29, 0.717) is 10.8 Å². The van der Waals surface area contributed by atoms with Crippen LogP contribution in [0.3, 0.4) is 0 Å². The summed E-state index contributed by atoms with van der Waals surface area (Å²) in [7, 11) is -3.74. The molecule has 0 spiro atoms. The van der Waals surface area contributed by atoms with E-state index in [1.54, 1.807) is 0 Å². The van der Waals surface area contributed by atoms with Gasteiger partial charge in [-0.3, -0.25) is 4.79 Å². The van der Waals surface area contributed by atoms with E-state index in [1.165, 1.54) is 4.31 Å². The molecule has 1 saturated carbocycles. The zero-order valence-corrected chi connectivity index (χ0v) is 19.2. The Bertz CT molecular complexity index is 813. The minimum atomic E-state index is -3.74. The Morgan fingerprint density at radius 3 is 2.10 bits per heavy atom. The third kappa shape index (κ3) is 5.02. The highest BCUT2D eigenvalue weighted by Gasteiger charge is 2.37. The number of piperidine rings is 1. The van der Waals surface area contributed by atoms with E-state index < -0.39 is 10.0 Å². The number of hydrogen-bond acceptors (Lipinski definition) is 3. The van der Waals surface area contributed by atoms with Crippen LogP contribution in [0.5, 0.6) is 0 Å². The van der Waals surface area contributed by atoms with Gasteiger partial charge in [0.15, 0.2) is 0 Å². The van der Waals surface area contributed by atoms with Crippen LogP contribution in [-0.4, -0.2) is 49.2 Å². The van der Waals surface area contributed by atoms with E-state index in [0.717, 1.165) is 74.7 Å². The molecule has 162 valence electrons. The summed E-state index contributed by atoms with van der Waals surface area (Å²) in [5, 5.41) is 0. The Morgan fingerprint density at radius 1 is 1.00 bits per heavy atom. The molecule has 0 radical (unpaired) electrons. The zero-order chi connectivity index (χ0) is 21.2. The lowest BCUT2D eigenvalue weighted by atomic mass is 9.95. The minimum Gasteiger partial charge on any atom is -0.342 e. The maximum Gasteiger partial charge on any atom is 0.244 e. The molecule has 29 heavy (non-hydrogen) atoms. The molecule has 0 atom stereocenters. The molecule has 0 unspecified atom stereocenters. The molecular weight excluding hydrogens is 384 g/mol. The highest BCUT2D eigenvalue weighted by atomic mass is 32.2. The van der Waals surface area contributed by atoms with Gasteiger partial charge in [0.2, 0.25) is 15.9 Å². The predicted molar refractivity (Wildman–Crippen MR) is 116 cm³/mol. The summed E-state index contributed by atoms with van der Waals surface area (Å²) in [6, 6.07) is 3.76. The van der Waals surface area contributed by atoms with Gasteiger partial charge in [0.1, 0.15) is 0 Å². The van der Waals surface area contributed by atoms with Crippen molar-refractivity contribution in [3.8, 4) is 0 Å². The molecule has 3 rings (SSSR count). The fourth-order valence-corrected chi connectivity index (χ4v) is 7.01. The lowest BCUT2D eigenvalue weighted by molar-refractivity contribution is -0.133. The van der Waals surface area contributed by atoms with Crippen molar-refractivity contribution < 1.29 is 13.2 Å². The topological polar surface area (TPSA) is 57.7 Å². The van der Waals surface area contributed by atoms with Crippen LogP contribution in [0.15, 0.2) is 17.0 Å². The molecule has 1 amide bonds. The maximum absolute atomic E-state index is 13.8. The Kier molecular flexibility index (Phi) is 7.05. The summed E-state index contributed by atoms with van der Waals surface area (Å²) in [6.45, 7) is 9.36. The molecule has 0 N–H and O–H groups in total. The maximum atomic E-state index is 13.8. The number of aryl methyl sites for hydroxylation is 3. The molecule has 1 saturated heterocycles. The zero-order valence-electron chi connectivity index (χ0n) is 18.4. The van der Waals surface area contributed by atoms with E-state index in [4.69, 9.17) is 0 Å². The van der Waals surface area contributed by atoms with Gasteiger partial charge in [0.25, 0.3) is 0 Å². The second-order valence-corrected chi connectivity index (χ2v) is 11.0. The van der Waals surface area contributed by atoms with Gasteiger partial charge in [-0.25, -0.2) is 8.42 Å². The molecular formula is C23H36N2O3S. The molecule has 0 aromatic heterocycles. The van der Waals surface area contributed by atoms with Crippen LogP contribution in [-0.2, 0) is 14.8 Å². The fraction of sp³-hybridized carbons (Fsp3) is 0.696. The van der Waals surface area contributed by atoms with E-state index in [9.17, 15) is 13.2 Å². The van der Waals surface area contributed by atoms with Crippen molar-refractivity contribution in [3.05, 3.63) is 28.8 Å². The van der Waals surface area contributed by atoms with Gasteiger partial charge in [0, 0.05) is 19.1 Å². The largest absolute Gasteiger partial charge is 0.342 e. The van der Waals surface area contributed by atoms with Gasteiger partial charge in [-0.1, -0.05) is 43.9 Å². The summed E-state index contributed by atoms with van der Waals surface area (Å²) >= 11 is 0. The molecule has 1 heterocycles. The number of amides is 1. The Morgan fingerprint density at radius 2 is 1.55 bits per heavy atom. The van der Waals surface area contributed by atoms with Crippen molar-refractivity contribution >= 4 is 15.9 Å². The highest BCUT2D eigenvalue weighted by Crippen LogP contribution is 2.31. The molecule has 1 aliphatic heterocycles. The Labute approximate surface area is 176 Å². The third-order valence-corrected chi connectivity index (χ3v) is 8.79. The first-order valence-corrected chi connectivity index (χ1v) is 12.5. The Hall–Kier alpha value is -1.40. The fourth-order valence-electron chi connectivity index (χ4n) is 4.96. The second kappa shape index (κ2) is 9.17. The van der Waals surface area contributed by atoms with E-state index in [2.05, 4.69) is 6.92 Å². The molecule has 2 fully saturated rings. The highest BCUT2D eigenvalue weighted by molar-refractivity contribution is 7.89. The molecule has 5 nitrogen and oxygen atoms in total. The molecule has 0 bridgehead atoms. The first-order valence-electron chi connectivity index (χ1n) is 11.1. The Balaban J connectivity index is 1.92. The van der Waals surface area contributed by atoms with Crippen LogP contribution < -0.4 is 0 Å². The average molecular weight is 421 g/mol. The number of rotatable bonds is 5. The van der Waals surface area contributed by atoms with Crippen LogP contribution in [0, 0.1) is 26.7 Å². The SMILES string of the molecule is Cc1cc(C)c(S(=O)(=O)N(CC(=O)N2CCC(C)CC2)C2CCCCC2)c(C)c1. The van der Waals surface area contributed by atoms with Crippen molar-refractivity contribution in [2.45, 2.75) is 83.6 Å². The monoisotopic (exact) mass is 420 g/mol. The third-order valence-electron chi connectivity index (χ3n) is 6.58. The van der Waals surface area contributed by atoms with E-state index in [-0.39, 0.29) is 18.5 Å². The number of likely N-dealkylation sites (tertiary alicyclic amines) is 1. The molecule has 1 aromatic carbocycles. The van der Waals surface area contributed by atoms with Gasteiger partial charge in [-0.2, -0.15) is 4.31 Å². The van der Waals surface area contributed by atoms with Gasteiger partial charge < -0.3 is 4.90 Å².